The van der Waals surface area contributed by atoms with Crippen LogP contribution in [0.1, 0.15) is 29.8 Å². The molecule has 0 saturated carbocycles. The predicted molar refractivity (Wildman–Crippen MR) is 81.1 cm³/mol. The molecule has 19 heavy (non-hydrogen) atoms. The Morgan fingerprint density at radius 2 is 1.58 bits per heavy atom. The van der Waals surface area contributed by atoms with Crippen molar-refractivity contribution in [2.45, 2.75) is 19.4 Å². The topological polar surface area (TPSA) is 29.1 Å². The van der Waals surface area contributed by atoms with E-state index in [9.17, 15) is 4.79 Å². The van der Waals surface area contributed by atoms with Crippen LogP contribution in [0.4, 0.5) is 0 Å². The molecule has 98 valence electrons. The summed E-state index contributed by atoms with van der Waals surface area (Å²) in [5.74, 6) is -0.0821. The number of nitrogens with one attached hydrogen (secondary N) is 1. The molecule has 2 aromatic carbocycles. The van der Waals surface area contributed by atoms with Crippen molar-refractivity contribution >= 4 is 21.8 Å². The van der Waals surface area contributed by atoms with E-state index in [-0.39, 0.29) is 5.91 Å². The lowest BCUT2D eigenvalue weighted by Crippen LogP contribution is -2.41. The summed E-state index contributed by atoms with van der Waals surface area (Å²) in [6, 6.07) is 17.4. The van der Waals surface area contributed by atoms with Crippen LogP contribution in [0.2, 0.25) is 0 Å². The van der Waals surface area contributed by atoms with E-state index in [2.05, 4.69) is 21.2 Å². The van der Waals surface area contributed by atoms with E-state index >= 15 is 0 Å². The van der Waals surface area contributed by atoms with Crippen molar-refractivity contribution < 1.29 is 4.79 Å². The molecule has 0 unspecified atom stereocenters. The van der Waals surface area contributed by atoms with Crippen LogP contribution in [0.5, 0.6) is 0 Å². The van der Waals surface area contributed by atoms with Crippen LogP contribution in [0, 0.1) is 0 Å². The molecule has 0 aliphatic heterocycles. The highest BCUT2D eigenvalue weighted by molar-refractivity contribution is 9.10. The fourth-order valence-electron chi connectivity index (χ4n) is 1.92. The maximum atomic E-state index is 12.3. The number of benzene rings is 2. The fourth-order valence-corrected chi connectivity index (χ4v) is 2.39. The third-order valence-corrected chi connectivity index (χ3v) is 3.73. The van der Waals surface area contributed by atoms with Crippen molar-refractivity contribution in [2.75, 3.05) is 0 Å². The summed E-state index contributed by atoms with van der Waals surface area (Å²) >= 11 is 3.40. The first kappa shape index (κ1) is 13.8. The Hall–Kier alpha value is -1.61. The quantitative estimate of drug-likeness (QED) is 0.906. The summed E-state index contributed by atoms with van der Waals surface area (Å²) in [5, 5.41) is 3.06. The van der Waals surface area contributed by atoms with E-state index in [1.54, 1.807) is 6.07 Å². The van der Waals surface area contributed by atoms with Gasteiger partial charge in [0.15, 0.2) is 0 Å². The molecule has 0 spiro atoms. The number of hydrogen-bond acceptors (Lipinski definition) is 1. The predicted octanol–water partition coefficient (Wildman–Crippen LogP) is 4.11. The maximum Gasteiger partial charge on any atom is 0.253 e. The lowest BCUT2D eigenvalue weighted by molar-refractivity contribution is 0.0911. The molecule has 0 atom stereocenters. The van der Waals surface area contributed by atoms with Crippen molar-refractivity contribution in [3.05, 3.63) is 70.2 Å². The zero-order valence-electron chi connectivity index (χ0n) is 11.0. The molecule has 3 heteroatoms. The summed E-state index contributed by atoms with van der Waals surface area (Å²) in [7, 11) is 0. The Bertz CT molecular complexity index is 578. The van der Waals surface area contributed by atoms with Crippen LogP contribution in [0.15, 0.2) is 59.1 Å². The first-order valence-corrected chi connectivity index (χ1v) is 6.92. The minimum Gasteiger partial charge on any atom is -0.343 e. The largest absolute Gasteiger partial charge is 0.343 e. The number of halogens is 1. The van der Waals surface area contributed by atoms with Crippen LogP contribution in [-0.2, 0) is 5.54 Å². The van der Waals surface area contributed by atoms with E-state index in [0.717, 1.165) is 10.0 Å². The second kappa shape index (κ2) is 5.57. The first-order valence-electron chi connectivity index (χ1n) is 6.13. The van der Waals surface area contributed by atoms with Gasteiger partial charge in [0.1, 0.15) is 0 Å². The highest BCUT2D eigenvalue weighted by Crippen LogP contribution is 2.22. The van der Waals surface area contributed by atoms with Crippen LogP contribution >= 0.6 is 15.9 Å². The summed E-state index contributed by atoms with van der Waals surface area (Å²) in [6.07, 6.45) is 0. The van der Waals surface area contributed by atoms with Gasteiger partial charge in [-0.25, -0.2) is 0 Å². The molecule has 0 saturated heterocycles. The third kappa shape index (κ3) is 3.24. The summed E-state index contributed by atoms with van der Waals surface area (Å²) < 4.78 is 0.802. The van der Waals surface area contributed by atoms with Crippen LogP contribution in [0.3, 0.4) is 0 Å². The molecule has 2 aromatic rings. The lowest BCUT2D eigenvalue weighted by Gasteiger charge is -2.27. The van der Waals surface area contributed by atoms with Gasteiger partial charge in [-0.3, -0.25) is 4.79 Å². The zero-order chi connectivity index (χ0) is 13.9. The van der Waals surface area contributed by atoms with Gasteiger partial charge in [-0.1, -0.05) is 42.5 Å². The SMILES string of the molecule is CC(C)(NC(=O)c1ccccc1Br)c1ccccc1. The number of hydrogen-bond donors (Lipinski definition) is 1. The highest BCUT2D eigenvalue weighted by Gasteiger charge is 2.23. The molecule has 1 N–H and O–H groups in total. The zero-order valence-corrected chi connectivity index (χ0v) is 12.6. The Labute approximate surface area is 122 Å². The summed E-state index contributed by atoms with van der Waals surface area (Å²) in [4.78, 5) is 12.3. The van der Waals surface area contributed by atoms with Gasteiger partial charge in [-0.05, 0) is 47.5 Å². The molecular formula is C16H16BrNO. The smallest absolute Gasteiger partial charge is 0.253 e. The molecule has 0 aromatic heterocycles. The number of carbonyl (C=O) groups is 1. The number of rotatable bonds is 3. The molecule has 0 heterocycles. The first-order chi connectivity index (χ1) is 9.00. The molecule has 0 radical (unpaired) electrons. The van der Waals surface area contributed by atoms with Crippen molar-refractivity contribution in [3.8, 4) is 0 Å². The summed E-state index contributed by atoms with van der Waals surface area (Å²) in [5.41, 5.74) is 1.31. The van der Waals surface area contributed by atoms with Crippen LogP contribution < -0.4 is 5.32 Å². The highest BCUT2D eigenvalue weighted by atomic mass is 79.9. The average Bonchev–Trinajstić information content (AvgIpc) is 2.39. The minimum absolute atomic E-state index is 0.0821. The van der Waals surface area contributed by atoms with Crippen molar-refractivity contribution in [2.24, 2.45) is 0 Å². The van der Waals surface area contributed by atoms with Crippen LogP contribution in [0.25, 0.3) is 0 Å². The Morgan fingerprint density at radius 1 is 1.00 bits per heavy atom. The third-order valence-electron chi connectivity index (χ3n) is 3.04. The Balaban J connectivity index is 2.22. The minimum atomic E-state index is -0.409. The van der Waals surface area contributed by atoms with Crippen LogP contribution in [-0.4, -0.2) is 5.91 Å². The van der Waals surface area contributed by atoms with Gasteiger partial charge >= 0.3 is 0 Å². The van der Waals surface area contributed by atoms with E-state index in [0.29, 0.717) is 5.56 Å². The monoisotopic (exact) mass is 317 g/mol. The Kier molecular flexibility index (Phi) is 4.05. The fraction of sp³-hybridized carbons (Fsp3) is 0.188. The molecule has 1 amide bonds. The normalized spacial score (nSPS) is 11.1. The summed E-state index contributed by atoms with van der Waals surface area (Å²) in [6.45, 7) is 3.99. The molecule has 0 fully saturated rings. The van der Waals surface area contributed by atoms with Gasteiger partial charge in [0.05, 0.1) is 11.1 Å². The van der Waals surface area contributed by atoms with E-state index < -0.39 is 5.54 Å². The molecule has 0 bridgehead atoms. The second-order valence-electron chi connectivity index (χ2n) is 4.92. The maximum absolute atomic E-state index is 12.3. The number of amides is 1. The molecule has 0 aliphatic carbocycles. The molecule has 0 aliphatic rings. The Morgan fingerprint density at radius 3 is 2.21 bits per heavy atom. The number of carbonyl (C=O) groups excluding carboxylic acids is 1. The molecule has 2 nitrogen and oxygen atoms in total. The van der Waals surface area contributed by atoms with Gasteiger partial charge in [0, 0.05) is 4.47 Å². The van der Waals surface area contributed by atoms with Crippen molar-refractivity contribution in [3.63, 3.8) is 0 Å². The van der Waals surface area contributed by atoms with Gasteiger partial charge in [-0.2, -0.15) is 0 Å². The molecule has 2 rings (SSSR count). The van der Waals surface area contributed by atoms with E-state index in [4.69, 9.17) is 0 Å². The average molecular weight is 318 g/mol. The lowest BCUT2D eigenvalue weighted by atomic mass is 9.94. The van der Waals surface area contributed by atoms with Gasteiger partial charge in [0.25, 0.3) is 5.91 Å². The van der Waals surface area contributed by atoms with Crippen molar-refractivity contribution in [1.29, 1.82) is 0 Å². The van der Waals surface area contributed by atoms with Gasteiger partial charge in [-0.15, -0.1) is 0 Å². The van der Waals surface area contributed by atoms with E-state index in [1.807, 2.05) is 62.4 Å². The standard InChI is InChI=1S/C16H16BrNO/c1-16(2,12-8-4-3-5-9-12)18-15(19)13-10-6-7-11-14(13)17/h3-11H,1-2H3,(H,18,19). The van der Waals surface area contributed by atoms with E-state index in [1.165, 1.54) is 0 Å². The van der Waals surface area contributed by atoms with Gasteiger partial charge in [0.2, 0.25) is 0 Å². The molecular weight excluding hydrogens is 302 g/mol. The van der Waals surface area contributed by atoms with Crippen molar-refractivity contribution in [1.82, 2.24) is 5.32 Å². The second-order valence-corrected chi connectivity index (χ2v) is 5.78. The van der Waals surface area contributed by atoms with Gasteiger partial charge < -0.3 is 5.32 Å².